The van der Waals surface area contributed by atoms with Gasteiger partial charge in [-0.15, -0.1) is 0 Å². The summed E-state index contributed by atoms with van der Waals surface area (Å²) >= 11 is 0. The van der Waals surface area contributed by atoms with Crippen molar-refractivity contribution in [2.75, 3.05) is 19.8 Å². The fourth-order valence-electron chi connectivity index (χ4n) is 3.51. The third-order valence-electron chi connectivity index (χ3n) is 4.82. The first-order chi connectivity index (χ1) is 11.7. The molecule has 0 N–H and O–H groups in total. The minimum Gasteiger partial charge on any atom is -0.486 e. The molecule has 24 heavy (non-hydrogen) atoms. The Labute approximate surface area is 141 Å². The summed E-state index contributed by atoms with van der Waals surface area (Å²) in [6, 6.07) is 5.87. The molecule has 1 aromatic heterocycles. The second-order valence-corrected chi connectivity index (χ2v) is 6.28. The van der Waals surface area contributed by atoms with Crippen LogP contribution in [-0.4, -0.2) is 40.1 Å². The Morgan fingerprint density at radius 2 is 2.12 bits per heavy atom. The van der Waals surface area contributed by atoms with Gasteiger partial charge in [-0.25, -0.2) is 4.98 Å². The third-order valence-corrected chi connectivity index (χ3v) is 4.82. The van der Waals surface area contributed by atoms with Gasteiger partial charge in [0.05, 0.1) is 12.4 Å². The molecule has 2 aromatic rings. The smallest absolute Gasteiger partial charge is 0.245 e. The van der Waals surface area contributed by atoms with Crippen molar-refractivity contribution in [2.45, 2.75) is 31.8 Å². The van der Waals surface area contributed by atoms with Crippen LogP contribution in [0, 0.1) is 0 Å². The lowest BCUT2D eigenvalue weighted by Gasteiger charge is -2.29. The Balaban J connectivity index is 1.57. The van der Waals surface area contributed by atoms with Gasteiger partial charge in [0.2, 0.25) is 5.91 Å². The Kier molecular flexibility index (Phi) is 3.88. The van der Waals surface area contributed by atoms with E-state index < -0.39 is 0 Å². The largest absolute Gasteiger partial charge is 0.486 e. The molecule has 0 bridgehead atoms. The molecule has 1 amide bonds. The second kappa shape index (κ2) is 6.19. The summed E-state index contributed by atoms with van der Waals surface area (Å²) in [7, 11) is 0. The van der Waals surface area contributed by atoms with Gasteiger partial charge in [-0.05, 0) is 37.5 Å². The number of amides is 1. The molecule has 0 spiro atoms. The van der Waals surface area contributed by atoms with Crippen LogP contribution >= 0.6 is 0 Å². The van der Waals surface area contributed by atoms with E-state index in [1.165, 1.54) is 0 Å². The number of nitrogens with zero attached hydrogens (tertiary/aromatic N) is 3. The fourth-order valence-corrected chi connectivity index (χ4v) is 3.51. The molecule has 126 valence electrons. The van der Waals surface area contributed by atoms with Crippen LogP contribution < -0.4 is 9.47 Å². The van der Waals surface area contributed by atoms with Gasteiger partial charge in [-0.2, -0.15) is 0 Å². The van der Waals surface area contributed by atoms with Crippen LogP contribution in [0.3, 0.4) is 0 Å². The van der Waals surface area contributed by atoms with E-state index in [2.05, 4.69) is 4.98 Å². The Morgan fingerprint density at radius 1 is 1.29 bits per heavy atom. The normalized spacial score (nSPS) is 20.9. The number of carbonyl (C=O) groups excluding carboxylic acids is 1. The van der Waals surface area contributed by atoms with Gasteiger partial charge >= 0.3 is 0 Å². The Hall–Kier alpha value is -2.50. The van der Waals surface area contributed by atoms with Crippen LogP contribution in [-0.2, 0) is 4.79 Å². The summed E-state index contributed by atoms with van der Waals surface area (Å²) in [4.78, 5) is 19.0. The molecule has 0 radical (unpaired) electrons. The highest BCUT2D eigenvalue weighted by atomic mass is 16.6. The summed E-state index contributed by atoms with van der Waals surface area (Å²) in [6.07, 6.45) is 7.21. The van der Waals surface area contributed by atoms with E-state index in [0.717, 1.165) is 36.4 Å². The highest BCUT2D eigenvalue weighted by Gasteiger charge is 2.33. The van der Waals surface area contributed by atoms with Crippen molar-refractivity contribution in [3.8, 4) is 11.5 Å². The minimum absolute atomic E-state index is 0.0966. The van der Waals surface area contributed by atoms with Gasteiger partial charge in [-0.1, -0.05) is 6.07 Å². The minimum atomic E-state index is -0.245. The monoisotopic (exact) mass is 327 g/mol. The molecule has 4 rings (SSSR count). The van der Waals surface area contributed by atoms with Gasteiger partial charge in [0.15, 0.2) is 11.5 Å². The summed E-state index contributed by atoms with van der Waals surface area (Å²) in [6.45, 7) is 3.87. The van der Waals surface area contributed by atoms with Gasteiger partial charge in [0.25, 0.3) is 0 Å². The molecule has 6 heteroatoms. The standard InChI is InChI=1S/C18H21N3O3/c1-13(20-8-6-19-12-20)18(22)21-7-2-3-15(21)14-4-5-16-17(11-14)24-10-9-23-16/h4-6,8,11-13,15H,2-3,7,9-10H2,1H3/t13-,15-/m1/s1. The zero-order chi connectivity index (χ0) is 16.5. The number of likely N-dealkylation sites (tertiary alicyclic amines) is 1. The van der Waals surface area contributed by atoms with Crippen LogP contribution in [0.5, 0.6) is 11.5 Å². The third kappa shape index (κ3) is 2.62. The van der Waals surface area contributed by atoms with Crippen molar-refractivity contribution in [1.82, 2.24) is 14.5 Å². The number of fused-ring (bicyclic) bond motifs is 1. The van der Waals surface area contributed by atoms with E-state index >= 15 is 0 Å². The van der Waals surface area contributed by atoms with Crippen LogP contribution in [0.4, 0.5) is 0 Å². The molecule has 3 heterocycles. The lowest BCUT2D eigenvalue weighted by Crippen LogP contribution is -2.35. The zero-order valence-electron chi connectivity index (χ0n) is 13.7. The Bertz CT molecular complexity index is 729. The summed E-state index contributed by atoms with van der Waals surface area (Å²) in [5.74, 6) is 1.69. The van der Waals surface area contributed by atoms with Crippen LogP contribution in [0.25, 0.3) is 0 Å². The molecule has 1 aromatic carbocycles. The van der Waals surface area contributed by atoms with Crippen molar-refractivity contribution < 1.29 is 14.3 Å². The number of hydrogen-bond donors (Lipinski definition) is 0. The molecule has 0 aliphatic carbocycles. The van der Waals surface area contributed by atoms with Crippen molar-refractivity contribution >= 4 is 5.91 Å². The maximum atomic E-state index is 12.9. The van der Waals surface area contributed by atoms with E-state index in [9.17, 15) is 4.79 Å². The maximum absolute atomic E-state index is 12.9. The number of hydrogen-bond acceptors (Lipinski definition) is 4. The van der Waals surface area contributed by atoms with Crippen molar-refractivity contribution in [2.24, 2.45) is 0 Å². The van der Waals surface area contributed by atoms with Crippen molar-refractivity contribution in [1.29, 1.82) is 0 Å². The Morgan fingerprint density at radius 3 is 2.92 bits per heavy atom. The topological polar surface area (TPSA) is 56.6 Å². The lowest BCUT2D eigenvalue weighted by atomic mass is 10.0. The average Bonchev–Trinajstić information content (AvgIpc) is 3.31. The lowest BCUT2D eigenvalue weighted by molar-refractivity contribution is -0.135. The maximum Gasteiger partial charge on any atom is 0.245 e. The molecule has 6 nitrogen and oxygen atoms in total. The van der Waals surface area contributed by atoms with Gasteiger partial charge in [0, 0.05) is 18.9 Å². The molecule has 2 aliphatic heterocycles. The second-order valence-electron chi connectivity index (χ2n) is 6.28. The first-order valence-electron chi connectivity index (χ1n) is 8.41. The fraction of sp³-hybridized carbons (Fsp3) is 0.444. The molecule has 2 atom stereocenters. The summed E-state index contributed by atoms with van der Waals surface area (Å²) in [5.41, 5.74) is 1.11. The van der Waals surface area contributed by atoms with Crippen LogP contribution in [0.2, 0.25) is 0 Å². The quantitative estimate of drug-likeness (QED) is 0.869. The highest BCUT2D eigenvalue weighted by molar-refractivity contribution is 5.81. The van der Waals surface area contributed by atoms with E-state index in [0.29, 0.717) is 13.2 Å². The molecule has 0 saturated carbocycles. The number of imidazole rings is 1. The number of carbonyl (C=O) groups is 1. The molecular weight excluding hydrogens is 306 g/mol. The highest BCUT2D eigenvalue weighted by Crippen LogP contribution is 2.38. The van der Waals surface area contributed by atoms with E-state index in [1.807, 2.05) is 40.8 Å². The molecular formula is C18H21N3O3. The molecule has 1 fully saturated rings. The van der Waals surface area contributed by atoms with Gasteiger partial charge < -0.3 is 18.9 Å². The van der Waals surface area contributed by atoms with E-state index in [1.54, 1.807) is 12.5 Å². The van der Waals surface area contributed by atoms with E-state index in [4.69, 9.17) is 9.47 Å². The predicted octanol–water partition coefficient (Wildman–Crippen LogP) is 2.58. The van der Waals surface area contributed by atoms with Crippen molar-refractivity contribution in [3.05, 3.63) is 42.5 Å². The van der Waals surface area contributed by atoms with Crippen molar-refractivity contribution in [3.63, 3.8) is 0 Å². The SMILES string of the molecule is C[C@H](C(=O)N1CCC[C@@H]1c1ccc2c(c1)OCCO2)n1ccnc1. The number of ether oxygens (including phenoxy) is 2. The predicted molar refractivity (Wildman–Crippen MR) is 88.1 cm³/mol. The van der Waals surface area contributed by atoms with E-state index in [-0.39, 0.29) is 18.0 Å². The molecule has 2 aliphatic rings. The first kappa shape index (κ1) is 15.1. The summed E-state index contributed by atoms with van der Waals surface area (Å²) < 4.78 is 13.1. The molecule has 0 unspecified atom stereocenters. The first-order valence-corrected chi connectivity index (χ1v) is 8.41. The average molecular weight is 327 g/mol. The number of rotatable bonds is 3. The number of aromatic nitrogens is 2. The van der Waals surface area contributed by atoms with Gasteiger partial charge in [-0.3, -0.25) is 4.79 Å². The van der Waals surface area contributed by atoms with Crippen LogP contribution in [0.15, 0.2) is 36.9 Å². The van der Waals surface area contributed by atoms with Gasteiger partial charge in [0.1, 0.15) is 19.3 Å². The molecule has 1 saturated heterocycles. The number of benzene rings is 1. The van der Waals surface area contributed by atoms with Crippen LogP contribution in [0.1, 0.15) is 37.4 Å². The summed E-state index contributed by atoms with van der Waals surface area (Å²) in [5, 5.41) is 0. The zero-order valence-corrected chi connectivity index (χ0v) is 13.7.